The molecule has 0 aromatic carbocycles. The third-order valence-electron chi connectivity index (χ3n) is 3.01. The van der Waals surface area contributed by atoms with Gasteiger partial charge in [0.2, 0.25) is 5.91 Å². The summed E-state index contributed by atoms with van der Waals surface area (Å²) in [7, 11) is 0. The average Bonchev–Trinajstić information content (AvgIpc) is 2.27. The lowest BCUT2D eigenvalue weighted by Crippen LogP contribution is -2.48. The molecule has 1 aliphatic rings. The Balaban J connectivity index is 2.42. The molecule has 5 nitrogen and oxygen atoms in total. The van der Waals surface area contributed by atoms with E-state index in [9.17, 15) is 9.59 Å². The van der Waals surface area contributed by atoms with Crippen LogP contribution in [0.5, 0.6) is 0 Å². The van der Waals surface area contributed by atoms with Crippen LogP contribution in [0.3, 0.4) is 0 Å². The van der Waals surface area contributed by atoms with Gasteiger partial charge in [0.15, 0.2) is 0 Å². The van der Waals surface area contributed by atoms with Crippen LogP contribution in [-0.4, -0.2) is 48.6 Å². The molecule has 1 heterocycles. The fourth-order valence-electron chi connectivity index (χ4n) is 2.31. The fourth-order valence-corrected chi connectivity index (χ4v) is 2.31. The number of likely N-dealkylation sites (tertiary alicyclic amines) is 1. The molecule has 0 spiro atoms. The SMILES string of the molecule is CCOC(=O)[C@H]1CCCN(CC(=O)NC(C)(C)C)C1. The van der Waals surface area contributed by atoms with Gasteiger partial charge in [-0.2, -0.15) is 0 Å². The van der Waals surface area contributed by atoms with Gasteiger partial charge in [-0.05, 0) is 47.1 Å². The molecule has 1 amide bonds. The van der Waals surface area contributed by atoms with Crippen LogP contribution < -0.4 is 5.32 Å². The Morgan fingerprint density at radius 2 is 2.05 bits per heavy atom. The second-order valence-electron chi connectivity index (χ2n) is 6.12. The van der Waals surface area contributed by atoms with Gasteiger partial charge in [0.25, 0.3) is 0 Å². The van der Waals surface area contributed by atoms with Crippen molar-refractivity contribution in [2.45, 2.75) is 46.1 Å². The van der Waals surface area contributed by atoms with Crippen LogP contribution in [0.1, 0.15) is 40.5 Å². The van der Waals surface area contributed by atoms with Gasteiger partial charge in [-0.3, -0.25) is 14.5 Å². The first kappa shape index (κ1) is 16.0. The quantitative estimate of drug-likeness (QED) is 0.779. The van der Waals surface area contributed by atoms with Gasteiger partial charge in [-0.25, -0.2) is 0 Å². The van der Waals surface area contributed by atoms with Crippen molar-refractivity contribution in [3.63, 3.8) is 0 Å². The van der Waals surface area contributed by atoms with Crippen LogP contribution in [0.15, 0.2) is 0 Å². The van der Waals surface area contributed by atoms with Gasteiger partial charge in [0, 0.05) is 12.1 Å². The normalized spacial score (nSPS) is 20.9. The van der Waals surface area contributed by atoms with E-state index in [1.807, 2.05) is 32.6 Å². The lowest BCUT2D eigenvalue weighted by atomic mass is 9.98. The van der Waals surface area contributed by atoms with Gasteiger partial charge < -0.3 is 10.1 Å². The molecule has 1 aliphatic heterocycles. The van der Waals surface area contributed by atoms with Crippen LogP contribution in [0.2, 0.25) is 0 Å². The van der Waals surface area contributed by atoms with E-state index in [1.165, 1.54) is 0 Å². The number of amides is 1. The molecular weight excluding hydrogens is 244 g/mol. The molecule has 0 aromatic rings. The smallest absolute Gasteiger partial charge is 0.310 e. The average molecular weight is 270 g/mol. The Morgan fingerprint density at radius 3 is 2.63 bits per heavy atom. The van der Waals surface area contributed by atoms with Gasteiger partial charge in [0.05, 0.1) is 19.1 Å². The first-order valence-electron chi connectivity index (χ1n) is 7.02. The maximum atomic E-state index is 11.9. The van der Waals surface area contributed by atoms with Crippen LogP contribution >= 0.6 is 0 Å². The predicted octanol–water partition coefficient (Wildman–Crippen LogP) is 1.18. The highest BCUT2D eigenvalue weighted by Crippen LogP contribution is 2.17. The van der Waals surface area contributed by atoms with Crippen LogP contribution in [0.4, 0.5) is 0 Å². The Hall–Kier alpha value is -1.10. The standard InChI is InChI=1S/C14H26N2O3/c1-5-19-13(18)11-7-6-8-16(9-11)10-12(17)15-14(2,3)4/h11H,5-10H2,1-4H3,(H,15,17)/t11-/m0/s1. The number of carbonyl (C=O) groups excluding carboxylic acids is 2. The number of esters is 1. The van der Waals surface area contributed by atoms with Gasteiger partial charge >= 0.3 is 5.97 Å². The van der Waals surface area contributed by atoms with E-state index in [4.69, 9.17) is 4.74 Å². The fraction of sp³-hybridized carbons (Fsp3) is 0.857. The van der Waals surface area contributed by atoms with Crippen LogP contribution in [0.25, 0.3) is 0 Å². The highest BCUT2D eigenvalue weighted by Gasteiger charge is 2.28. The zero-order chi connectivity index (χ0) is 14.5. The second kappa shape index (κ2) is 6.89. The summed E-state index contributed by atoms with van der Waals surface area (Å²) in [5, 5.41) is 2.94. The Labute approximate surface area is 115 Å². The highest BCUT2D eigenvalue weighted by molar-refractivity contribution is 5.79. The zero-order valence-corrected chi connectivity index (χ0v) is 12.5. The predicted molar refractivity (Wildman–Crippen MR) is 73.7 cm³/mol. The molecule has 19 heavy (non-hydrogen) atoms. The molecule has 1 N–H and O–H groups in total. The van der Waals surface area contributed by atoms with Gasteiger partial charge in [0.1, 0.15) is 0 Å². The summed E-state index contributed by atoms with van der Waals surface area (Å²) < 4.78 is 5.05. The Kier molecular flexibility index (Phi) is 5.79. The minimum atomic E-state index is -0.215. The lowest BCUT2D eigenvalue weighted by Gasteiger charge is -2.32. The number of nitrogens with zero attached hydrogens (tertiary/aromatic N) is 1. The van der Waals surface area contributed by atoms with E-state index < -0.39 is 0 Å². The molecule has 0 unspecified atom stereocenters. The molecule has 1 fully saturated rings. The van der Waals surface area contributed by atoms with Crippen molar-refractivity contribution >= 4 is 11.9 Å². The van der Waals surface area contributed by atoms with Crippen molar-refractivity contribution < 1.29 is 14.3 Å². The molecule has 0 aromatic heterocycles. The number of hydrogen-bond donors (Lipinski definition) is 1. The minimum Gasteiger partial charge on any atom is -0.466 e. The monoisotopic (exact) mass is 270 g/mol. The molecule has 1 atom stereocenters. The Bertz CT molecular complexity index is 323. The van der Waals surface area contributed by atoms with E-state index in [-0.39, 0.29) is 23.3 Å². The number of rotatable bonds is 4. The minimum absolute atomic E-state index is 0.0111. The van der Waals surface area contributed by atoms with Crippen molar-refractivity contribution in [1.29, 1.82) is 0 Å². The van der Waals surface area contributed by atoms with Crippen molar-refractivity contribution in [3.05, 3.63) is 0 Å². The summed E-state index contributed by atoms with van der Waals surface area (Å²) in [6, 6.07) is 0. The van der Waals surface area contributed by atoms with Crippen molar-refractivity contribution in [2.75, 3.05) is 26.2 Å². The van der Waals surface area contributed by atoms with E-state index in [0.29, 0.717) is 19.7 Å². The summed E-state index contributed by atoms with van der Waals surface area (Å²) in [6.45, 7) is 9.96. The summed E-state index contributed by atoms with van der Waals surface area (Å²) in [6.07, 6.45) is 1.79. The van der Waals surface area contributed by atoms with Crippen molar-refractivity contribution in [1.82, 2.24) is 10.2 Å². The Morgan fingerprint density at radius 1 is 1.37 bits per heavy atom. The summed E-state index contributed by atoms with van der Waals surface area (Å²) >= 11 is 0. The van der Waals surface area contributed by atoms with Crippen molar-refractivity contribution in [3.8, 4) is 0 Å². The van der Waals surface area contributed by atoms with E-state index in [2.05, 4.69) is 5.32 Å². The first-order chi connectivity index (χ1) is 8.81. The molecule has 1 saturated heterocycles. The number of carbonyl (C=O) groups is 2. The molecule has 0 bridgehead atoms. The first-order valence-corrected chi connectivity index (χ1v) is 7.02. The zero-order valence-electron chi connectivity index (χ0n) is 12.5. The van der Waals surface area contributed by atoms with Crippen LogP contribution in [-0.2, 0) is 14.3 Å². The largest absolute Gasteiger partial charge is 0.466 e. The maximum absolute atomic E-state index is 11.9. The lowest BCUT2D eigenvalue weighted by molar-refractivity contribution is -0.150. The topological polar surface area (TPSA) is 58.6 Å². The third-order valence-corrected chi connectivity index (χ3v) is 3.01. The summed E-state index contributed by atoms with van der Waals surface area (Å²) in [5.74, 6) is -0.212. The molecule has 0 aliphatic carbocycles. The van der Waals surface area contributed by atoms with E-state index in [1.54, 1.807) is 0 Å². The molecular formula is C14H26N2O3. The maximum Gasteiger partial charge on any atom is 0.310 e. The van der Waals surface area contributed by atoms with Crippen molar-refractivity contribution in [2.24, 2.45) is 5.92 Å². The molecule has 5 heteroatoms. The third kappa shape index (κ3) is 6.05. The number of nitrogens with one attached hydrogen (secondary N) is 1. The molecule has 110 valence electrons. The second-order valence-corrected chi connectivity index (χ2v) is 6.12. The molecule has 1 rings (SSSR count). The number of ether oxygens (including phenoxy) is 1. The molecule has 0 radical (unpaired) electrons. The highest BCUT2D eigenvalue weighted by atomic mass is 16.5. The number of piperidine rings is 1. The number of hydrogen-bond acceptors (Lipinski definition) is 4. The van der Waals surface area contributed by atoms with Crippen LogP contribution in [0, 0.1) is 5.92 Å². The van der Waals surface area contributed by atoms with E-state index in [0.717, 1.165) is 19.4 Å². The summed E-state index contributed by atoms with van der Waals surface area (Å²) in [5.41, 5.74) is -0.215. The molecule has 0 saturated carbocycles. The van der Waals surface area contributed by atoms with Gasteiger partial charge in [-0.1, -0.05) is 0 Å². The van der Waals surface area contributed by atoms with Gasteiger partial charge in [-0.15, -0.1) is 0 Å². The van der Waals surface area contributed by atoms with E-state index >= 15 is 0 Å². The summed E-state index contributed by atoms with van der Waals surface area (Å²) in [4.78, 5) is 25.6.